The van der Waals surface area contributed by atoms with Gasteiger partial charge in [0.1, 0.15) is 4.90 Å². The summed E-state index contributed by atoms with van der Waals surface area (Å²) in [6.45, 7) is 3.81. The Labute approximate surface area is 111 Å². The quantitative estimate of drug-likeness (QED) is 0.811. The van der Waals surface area contributed by atoms with Crippen LogP contribution in [0.1, 0.15) is 42.4 Å². The number of rotatable bonds is 6. The Hall–Kier alpha value is -1.41. The van der Waals surface area contributed by atoms with Gasteiger partial charge in [0.15, 0.2) is 5.69 Å². The zero-order valence-electron chi connectivity index (χ0n) is 10.9. The first-order chi connectivity index (χ1) is 8.89. The van der Waals surface area contributed by atoms with Crippen LogP contribution in [0.2, 0.25) is 0 Å². The zero-order chi connectivity index (χ0) is 14.2. The summed E-state index contributed by atoms with van der Waals surface area (Å²) in [7, 11) is -3.80. The lowest BCUT2D eigenvalue weighted by Crippen LogP contribution is -2.34. The Kier molecular flexibility index (Phi) is 3.64. The van der Waals surface area contributed by atoms with Crippen molar-refractivity contribution in [3.8, 4) is 0 Å². The fraction of sp³-hybridized carbons (Fsp3) is 0.636. The van der Waals surface area contributed by atoms with Crippen LogP contribution in [0.3, 0.4) is 0 Å². The number of nitrogens with one attached hydrogen (secondary N) is 1. The minimum Gasteiger partial charge on any atom is -0.476 e. The monoisotopic (exact) mass is 287 g/mol. The van der Waals surface area contributed by atoms with Crippen molar-refractivity contribution in [3.05, 3.63) is 11.4 Å². The molecule has 0 unspecified atom stereocenters. The van der Waals surface area contributed by atoms with Crippen LogP contribution in [-0.2, 0) is 10.0 Å². The molecule has 1 aliphatic carbocycles. The molecule has 19 heavy (non-hydrogen) atoms. The predicted molar refractivity (Wildman–Crippen MR) is 67.5 cm³/mol. The summed E-state index contributed by atoms with van der Waals surface area (Å²) in [4.78, 5) is 10.9. The van der Waals surface area contributed by atoms with E-state index in [2.05, 4.69) is 10.2 Å². The van der Waals surface area contributed by atoms with Crippen molar-refractivity contribution in [1.82, 2.24) is 14.5 Å². The predicted octanol–water partition coefficient (Wildman–Crippen LogP) is 0.979. The number of aromatic amines is 1. The molecule has 1 heterocycles. The maximum absolute atomic E-state index is 12.6. The molecule has 0 amide bonds. The summed E-state index contributed by atoms with van der Waals surface area (Å²) < 4.78 is 26.6. The smallest absolute Gasteiger partial charge is 0.357 e. The topological polar surface area (TPSA) is 103 Å². The number of sulfonamides is 1. The second-order valence-corrected chi connectivity index (χ2v) is 6.51. The van der Waals surface area contributed by atoms with Crippen molar-refractivity contribution >= 4 is 16.0 Å². The Morgan fingerprint density at radius 2 is 2.16 bits per heavy atom. The lowest BCUT2D eigenvalue weighted by molar-refractivity contribution is 0.0686. The normalized spacial score (nSPS) is 15.9. The number of hydrogen-bond donors (Lipinski definition) is 2. The van der Waals surface area contributed by atoms with Gasteiger partial charge in [-0.25, -0.2) is 13.2 Å². The molecule has 0 radical (unpaired) electrons. The summed E-state index contributed by atoms with van der Waals surface area (Å²) in [5.74, 6) is -1.34. The number of carboxylic acids is 1. The zero-order valence-corrected chi connectivity index (χ0v) is 11.7. The summed E-state index contributed by atoms with van der Waals surface area (Å²) >= 11 is 0. The standard InChI is InChI=1S/C11H17N3O4S/c1-3-6-14(8-4-5-8)19(17,18)10-7(2)12-13-9(10)11(15)16/h8H,3-6H2,1-2H3,(H,12,13)(H,15,16). The van der Waals surface area contributed by atoms with Gasteiger partial charge < -0.3 is 5.11 Å². The van der Waals surface area contributed by atoms with Crippen molar-refractivity contribution < 1.29 is 18.3 Å². The first-order valence-electron chi connectivity index (χ1n) is 6.19. The summed E-state index contributed by atoms with van der Waals surface area (Å²) in [6.07, 6.45) is 2.35. The average molecular weight is 287 g/mol. The summed E-state index contributed by atoms with van der Waals surface area (Å²) in [5.41, 5.74) is -0.168. The van der Waals surface area contributed by atoms with Crippen LogP contribution in [-0.4, -0.2) is 46.6 Å². The molecule has 2 N–H and O–H groups in total. The molecule has 106 valence electrons. The van der Waals surface area contributed by atoms with Gasteiger partial charge in [0, 0.05) is 12.6 Å². The maximum Gasteiger partial charge on any atom is 0.357 e. The van der Waals surface area contributed by atoms with E-state index in [0.717, 1.165) is 12.8 Å². The second kappa shape index (κ2) is 4.93. The van der Waals surface area contributed by atoms with E-state index >= 15 is 0 Å². The van der Waals surface area contributed by atoms with E-state index in [1.807, 2.05) is 6.92 Å². The Morgan fingerprint density at radius 3 is 2.63 bits per heavy atom. The van der Waals surface area contributed by atoms with E-state index in [1.165, 1.54) is 11.2 Å². The number of carbonyl (C=O) groups is 1. The number of aryl methyl sites for hydroxylation is 1. The fourth-order valence-electron chi connectivity index (χ4n) is 2.08. The summed E-state index contributed by atoms with van der Waals surface area (Å²) in [6, 6.07) is 0.000829. The minimum absolute atomic E-state index is 0.000829. The molecule has 2 rings (SSSR count). The first-order valence-corrected chi connectivity index (χ1v) is 7.63. The fourth-order valence-corrected chi connectivity index (χ4v) is 4.15. The van der Waals surface area contributed by atoms with Crippen molar-refractivity contribution in [1.29, 1.82) is 0 Å². The van der Waals surface area contributed by atoms with Crippen molar-refractivity contribution in [2.45, 2.75) is 44.0 Å². The molecule has 0 atom stereocenters. The maximum atomic E-state index is 12.6. The van der Waals surface area contributed by atoms with Crippen LogP contribution in [0.5, 0.6) is 0 Å². The van der Waals surface area contributed by atoms with E-state index in [1.54, 1.807) is 0 Å². The van der Waals surface area contributed by atoms with Crippen LogP contribution in [0, 0.1) is 6.92 Å². The molecule has 1 aromatic heterocycles. The highest BCUT2D eigenvalue weighted by Gasteiger charge is 2.40. The third-order valence-corrected chi connectivity index (χ3v) is 5.17. The van der Waals surface area contributed by atoms with Gasteiger partial charge in [-0.1, -0.05) is 6.92 Å². The third-order valence-electron chi connectivity index (χ3n) is 3.06. The lowest BCUT2D eigenvalue weighted by Gasteiger charge is -2.21. The first kappa shape index (κ1) is 14.0. The molecule has 0 aromatic carbocycles. The average Bonchev–Trinajstić information content (AvgIpc) is 3.07. The van der Waals surface area contributed by atoms with Crippen LogP contribution in [0.15, 0.2) is 4.90 Å². The van der Waals surface area contributed by atoms with Gasteiger partial charge in [0.25, 0.3) is 0 Å². The van der Waals surface area contributed by atoms with Crippen LogP contribution >= 0.6 is 0 Å². The molecule has 1 saturated carbocycles. The highest BCUT2D eigenvalue weighted by atomic mass is 32.2. The van der Waals surface area contributed by atoms with Gasteiger partial charge in [0.05, 0.1) is 5.69 Å². The molecule has 0 bridgehead atoms. The molecule has 0 saturated heterocycles. The molecule has 0 spiro atoms. The number of nitrogens with zero attached hydrogens (tertiary/aromatic N) is 2. The second-order valence-electron chi connectivity index (χ2n) is 4.68. The molecule has 1 aromatic rings. The molecular formula is C11H17N3O4S. The summed E-state index contributed by atoms with van der Waals surface area (Å²) in [5, 5.41) is 15.1. The van der Waals surface area contributed by atoms with Gasteiger partial charge in [-0.3, -0.25) is 5.10 Å². The van der Waals surface area contributed by atoms with E-state index in [9.17, 15) is 13.2 Å². The largest absolute Gasteiger partial charge is 0.476 e. The number of carboxylic acid groups (broad SMARTS) is 1. The van der Waals surface area contributed by atoms with Gasteiger partial charge in [-0.2, -0.15) is 9.40 Å². The Balaban J connectivity index is 2.48. The molecule has 1 fully saturated rings. The van der Waals surface area contributed by atoms with E-state index in [4.69, 9.17) is 5.11 Å². The van der Waals surface area contributed by atoms with Crippen molar-refractivity contribution in [2.24, 2.45) is 0 Å². The minimum atomic E-state index is -3.80. The van der Waals surface area contributed by atoms with Crippen LogP contribution in [0.4, 0.5) is 0 Å². The molecule has 7 nitrogen and oxygen atoms in total. The lowest BCUT2D eigenvalue weighted by atomic mass is 10.4. The SMILES string of the molecule is CCCN(C1CC1)S(=O)(=O)c1c(C(=O)O)n[nH]c1C. The molecule has 8 heteroatoms. The van der Waals surface area contributed by atoms with Gasteiger partial charge >= 0.3 is 5.97 Å². The molecule has 0 aliphatic heterocycles. The van der Waals surface area contributed by atoms with Gasteiger partial charge in [0.2, 0.25) is 10.0 Å². The van der Waals surface area contributed by atoms with E-state index in [-0.39, 0.29) is 16.6 Å². The number of hydrogen-bond acceptors (Lipinski definition) is 4. The van der Waals surface area contributed by atoms with Crippen molar-refractivity contribution in [2.75, 3.05) is 6.54 Å². The number of aromatic nitrogens is 2. The third kappa shape index (κ3) is 2.50. The van der Waals surface area contributed by atoms with Crippen LogP contribution in [0.25, 0.3) is 0 Å². The van der Waals surface area contributed by atoms with E-state index < -0.39 is 21.7 Å². The Bertz CT molecular complexity index is 589. The molecular weight excluding hydrogens is 270 g/mol. The van der Waals surface area contributed by atoms with Crippen LogP contribution < -0.4 is 0 Å². The highest BCUT2D eigenvalue weighted by molar-refractivity contribution is 7.89. The van der Waals surface area contributed by atoms with Gasteiger partial charge in [-0.15, -0.1) is 0 Å². The number of H-pyrrole nitrogens is 1. The Morgan fingerprint density at radius 1 is 1.53 bits per heavy atom. The van der Waals surface area contributed by atoms with Gasteiger partial charge in [-0.05, 0) is 26.2 Å². The highest BCUT2D eigenvalue weighted by Crippen LogP contribution is 2.33. The molecule has 1 aliphatic rings. The van der Waals surface area contributed by atoms with E-state index in [0.29, 0.717) is 13.0 Å². The van der Waals surface area contributed by atoms with Crippen molar-refractivity contribution in [3.63, 3.8) is 0 Å². The number of aromatic carboxylic acids is 1.